The molecule has 0 N–H and O–H groups in total. The molecule has 0 bridgehead atoms. The number of unbranched alkanes of at least 4 members (excludes halogenated alkanes) is 22. The van der Waals surface area contributed by atoms with Gasteiger partial charge in [0.25, 0.3) is 0 Å². The van der Waals surface area contributed by atoms with Crippen LogP contribution < -0.4 is 9.47 Å². The van der Waals surface area contributed by atoms with Gasteiger partial charge in [0.1, 0.15) is 0 Å². The second-order valence-corrected chi connectivity index (χ2v) is 18.6. The predicted molar refractivity (Wildman–Crippen MR) is 286 cm³/mol. The zero-order valence-electron chi connectivity index (χ0n) is 41.6. The molecule has 0 heterocycles. The third-order valence-electron chi connectivity index (χ3n) is 12.8. The van der Waals surface area contributed by atoms with E-state index >= 15 is 0 Å². The number of hydrogen-bond acceptors (Lipinski definition) is 6. The highest BCUT2D eigenvalue weighted by atomic mass is 16.6. The van der Waals surface area contributed by atoms with Crippen molar-refractivity contribution in [3.63, 3.8) is 0 Å². The van der Waals surface area contributed by atoms with Crippen molar-refractivity contribution in [2.75, 3.05) is 0 Å². The first-order chi connectivity index (χ1) is 33.5. The number of hydrogen-bond donors (Lipinski definition) is 0. The first-order valence-corrected chi connectivity index (χ1v) is 26.5. The summed E-state index contributed by atoms with van der Waals surface area (Å²) in [7, 11) is 0. The summed E-state index contributed by atoms with van der Waals surface area (Å²) in [5, 5.41) is 0. The van der Waals surface area contributed by atoms with Crippen LogP contribution in [0.3, 0.4) is 0 Å². The Hall–Kier alpha value is -5.62. The molecule has 6 heteroatoms. The van der Waals surface area contributed by atoms with Crippen LogP contribution in [0.2, 0.25) is 0 Å². The molecule has 0 saturated heterocycles. The Bertz CT molecular complexity index is 2030. The molecule has 0 unspecified atom stereocenters. The summed E-state index contributed by atoms with van der Waals surface area (Å²) in [5.41, 5.74) is 6.94. The molecule has 0 atom stereocenters. The SMILES string of the molecule is CCCCCCCCCCCCCCc1ccc(N=Cc2ccc(C(=O)Oc3ccccc3OC(=O)c3ccc(C=Nc4ccc(CCCCCCCCCCCCCC)cc4)cc3)cc2)cc1. The highest BCUT2D eigenvalue weighted by Crippen LogP contribution is 2.29. The molecule has 68 heavy (non-hydrogen) atoms. The number of aryl methyl sites for hydroxylation is 2. The van der Waals surface area contributed by atoms with Crippen LogP contribution in [-0.4, -0.2) is 24.4 Å². The Morgan fingerprint density at radius 3 is 0.971 bits per heavy atom. The lowest BCUT2D eigenvalue weighted by atomic mass is 10.0. The van der Waals surface area contributed by atoms with E-state index in [4.69, 9.17) is 9.47 Å². The molecule has 0 aliphatic carbocycles. The van der Waals surface area contributed by atoms with Crippen molar-refractivity contribution in [2.24, 2.45) is 9.98 Å². The third-order valence-corrected chi connectivity index (χ3v) is 12.8. The van der Waals surface area contributed by atoms with Crippen LogP contribution >= 0.6 is 0 Å². The summed E-state index contributed by atoms with van der Waals surface area (Å²) in [6, 6.07) is 37.8. The maximum Gasteiger partial charge on any atom is 0.343 e. The van der Waals surface area contributed by atoms with E-state index in [1.54, 1.807) is 61.0 Å². The van der Waals surface area contributed by atoms with E-state index in [9.17, 15) is 9.59 Å². The Labute approximate surface area is 410 Å². The number of esters is 2. The van der Waals surface area contributed by atoms with Gasteiger partial charge in [0.2, 0.25) is 0 Å². The van der Waals surface area contributed by atoms with Gasteiger partial charge in [0.05, 0.1) is 22.5 Å². The van der Waals surface area contributed by atoms with Gasteiger partial charge in [-0.2, -0.15) is 0 Å². The van der Waals surface area contributed by atoms with E-state index < -0.39 is 11.9 Å². The average molecular weight is 917 g/mol. The zero-order chi connectivity index (χ0) is 47.7. The summed E-state index contributed by atoms with van der Waals surface area (Å²) in [6.07, 6.45) is 38.5. The van der Waals surface area contributed by atoms with Crippen molar-refractivity contribution in [1.82, 2.24) is 0 Å². The first kappa shape index (κ1) is 53.3. The lowest BCUT2D eigenvalue weighted by Crippen LogP contribution is -2.12. The van der Waals surface area contributed by atoms with E-state index in [0.717, 1.165) is 35.3 Å². The fourth-order valence-corrected chi connectivity index (χ4v) is 8.48. The summed E-state index contributed by atoms with van der Waals surface area (Å²) >= 11 is 0. The minimum atomic E-state index is -0.557. The number of carbonyl (C=O) groups excluding carboxylic acids is 2. The van der Waals surface area contributed by atoms with Gasteiger partial charge in [0.15, 0.2) is 11.5 Å². The maximum absolute atomic E-state index is 13.2. The Morgan fingerprint density at radius 1 is 0.368 bits per heavy atom. The number of rotatable bonds is 34. The normalized spacial score (nSPS) is 11.4. The Kier molecular flexibility index (Phi) is 25.9. The van der Waals surface area contributed by atoms with Crippen molar-refractivity contribution in [1.29, 1.82) is 0 Å². The maximum atomic E-state index is 13.2. The molecule has 6 nitrogen and oxygen atoms in total. The fraction of sp³-hybridized carbons (Fsp3) is 0.452. The van der Waals surface area contributed by atoms with Crippen molar-refractivity contribution >= 4 is 35.7 Å². The number of carbonyl (C=O) groups is 2. The monoisotopic (exact) mass is 917 g/mol. The zero-order valence-corrected chi connectivity index (χ0v) is 41.6. The molecule has 5 rings (SSSR count). The number of benzene rings is 5. The first-order valence-electron chi connectivity index (χ1n) is 26.5. The Morgan fingerprint density at radius 2 is 0.662 bits per heavy atom. The van der Waals surface area contributed by atoms with Gasteiger partial charge in [-0.3, -0.25) is 9.98 Å². The summed E-state index contributed by atoms with van der Waals surface area (Å²) in [4.78, 5) is 35.7. The lowest BCUT2D eigenvalue weighted by Gasteiger charge is -2.10. The van der Waals surface area contributed by atoms with Crippen LogP contribution in [0, 0.1) is 0 Å². The summed E-state index contributed by atoms with van der Waals surface area (Å²) < 4.78 is 11.4. The van der Waals surface area contributed by atoms with Gasteiger partial charge in [0, 0.05) is 12.4 Å². The van der Waals surface area contributed by atoms with Crippen LogP contribution in [0.25, 0.3) is 0 Å². The van der Waals surface area contributed by atoms with Gasteiger partial charge in [-0.15, -0.1) is 0 Å². The van der Waals surface area contributed by atoms with E-state index in [1.165, 1.54) is 165 Å². The summed E-state index contributed by atoms with van der Waals surface area (Å²) in [5.74, 6) is -0.803. The molecule has 0 radical (unpaired) electrons. The van der Waals surface area contributed by atoms with E-state index in [1.807, 2.05) is 24.3 Å². The van der Waals surface area contributed by atoms with Crippen molar-refractivity contribution < 1.29 is 19.1 Å². The van der Waals surface area contributed by atoms with Crippen molar-refractivity contribution in [3.05, 3.63) is 155 Å². The van der Waals surface area contributed by atoms with Gasteiger partial charge < -0.3 is 9.47 Å². The van der Waals surface area contributed by atoms with Gasteiger partial charge in [-0.25, -0.2) is 9.59 Å². The number of aliphatic imine (C=N–C) groups is 2. The molecular weight excluding hydrogens is 837 g/mol. The second kappa shape index (κ2) is 33.0. The van der Waals surface area contributed by atoms with E-state index in [2.05, 4.69) is 72.4 Å². The number of ether oxygens (including phenoxy) is 2. The molecular formula is C62H80N2O4. The van der Waals surface area contributed by atoms with Crippen molar-refractivity contribution in [3.8, 4) is 11.5 Å². The molecule has 0 aliphatic heterocycles. The van der Waals surface area contributed by atoms with E-state index in [-0.39, 0.29) is 11.5 Å². The second-order valence-electron chi connectivity index (χ2n) is 18.6. The van der Waals surface area contributed by atoms with Crippen LogP contribution in [0.1, 0.15) is 211 Å². The molecule has 0 aromatic heterocycles. The topological polar surface area (TPSA) is 77.3 Å². The lowest BCUT2D eigenvalue weighted by molar-refractivity contribution is 0.0682. The van der Waals surface area contributed by atoms with Crippen LogP contribution in [0.15, 0.2) is 131 Å². The molecule has 0 fully saturated rings. The third kappa shape index (κ3) is 21.6. The number of para-hydroxylation sites is 2. The molecule has 5 aromatic rings. The molecule has 0 aliphatic rings. The summed E-state index contributed by atoms with van der Waals surface area (Å²) in [6.45, 7) is 4.56. The smallest absolute Gasteiger partial charge is 0.343 e. The molecule has 5 aromatic carbocycles. The highest BCUT2D eigenvalue weighted by molar-refractivity contribution is 5.94. The quantitative estimate of drug-likeness (QED) is 0.0178. The van der Waals surface area contributed by atoms with Crippen LogP contribution in [0.4, 0.5) is 11.4 Å². The van der Waals surface area contributed by atoms with Gasteiger partial charge in [-0.05, 0) is 109 Å². The highest BCUT2D eigenvalue weighted by Gasteiger charge is 2.16. The van der Waals surface area contributed by atoms with Gasteiger partial charge in [-0.1, -0.05) is 216 Å². The molecule has 362 valence electrons. The molecule has 0 saturated carbocycles. The minimum Gasteiger partial charge on any atom is -0.419 e. The van der Waals surface area contributed by atoms with Crippen molar-refractivity contribution in [2.45, 2.75) is 181 Å². The average Bonchev–Trinajstić information content (AvgIpc) is 3.37. The van der Waals surface area contributed by atoms with Gasteiger partial charge >= 0.3 is 11.9 Å². The van der Waals surface area contributed by atoms with Crippen LogP contribution in [0.5, 0.6) is 11.5 Å². The van der Waals surface area contributed by atoms with Crippen LogP contribution in [-0.2, 0) is 12.8 Å². The predicted octanol–water partition coefficient (Wildman–Crippen LogP) is 18.1. The standard InChI is InChI=1S/C62H80N2O4/c1-3-5-7-9-11-13-15-17-19-21-23-25-29-51-37-45-57(46-38-51)63-49-53-33-41-55(42-34-53)61(65)67-59-31-27-28-32-60(59)68-62(66)56-43-35-54(36-44-56)50-64-58-47-39-52(40-48-58)30-26-24-22-20-18-16-14-12-10-8-6-4-2/h27-28,31-50H,3-26,29-30H2,1-2H3. The minimum absolute atomic E-state index is 0.155. The van der Waals surface area contributed by atoms with E-state index in [0.29, 0.717) is 11.1 Å². The number of nitrogens with zero attached hydrogens (tertiary/aromatic N) is 2. The fourth-order valence-electron chi connectivity index (χ4n) is 8.48. The largest absolute Gasteiger partial charge is 0.419 e. The molecule has 0 amide bonds. The molecule has 0 spiro atoms. The Balaban J connectivity index is 0.977.